The number of halogens is 1. The summed E-state index contributed by atoms with van der Waals surface area (Å²) >= 11 is 0. The van der Waals surface area contributed by atoms with Gasteiger partial charge < -0.3 is 49.3 Å². The number of alkyl carbamates (subject to hydrolysis) is 2. The van der Waals surface area contributed by atoms with Crippen molar-refractivity contribution < 1.29 is 42.5 Å². The van der Waals surface area contributed by atoms with Gasteiger partial charge in [0.15, 0.2) is 0 Å². The van der Waals surface area contributed by atoms with Crippen molar-refractivity contribution in [3.05, 3.63) is 72.3 Å². The Morgan fingerprint density at radius 2 is 1.13 bits per heavy atom. The highest BCUT2D eigenvalue weighted by Gasteiger charge is 2.58. The summed E-state index contributed by atoms with van der Waals surface area (Å²) in [6.45, 7) is 2.13. The molecular weight excluding hydrogens is 812 g/mol. The highest BCUT2D eigenvalue weighted by molar-refractivity contribution is 5.88. The van der Waals surface area contributed by atoms with E-state index in [1.165, 1.54) is 14.2 Å². The van der Waals surface area contributed by atoms with E-state index in [4.69, 9.17) is 28.9 Å². The number of piperidine rings is 2. The fourth-order valence-corrected chi connectivity index (χ4v) is 10.6. The summed E-state index contributed by atoms with van der Waals surface area (Å²) in [4.78, 5) is 72.7. The van der Waals surface area contributed by atoms with Gasteiger partial charge in [-0.3, -0.25) is 9.59 Å². The van der Waals surface area contributed by atoms with Gasteiger partial charge in [0.2, 0.25) is 17.8 Å². The molecule has 2 aromatic heterocycles. The minimum atomic E-state index is -0.772. The zero-order valence-electron chi connectivity index (χ0n) is 35.4. The maximum atomic E-state index is 15.7. The van der Waals surface area contributed by atoms with E-state index in [-0.39, 0.29) is 47.5 Å². The summed E-state index contributed by atoms with van der Waals surface area (Å²) in [6, 6.07) is 13.7. The molecule has 17 heteroatoms. The molecule has 6 aliphatic rings. The molecule has 2 saturated carbocycles. The molecule has 10 rings (SSSR count). The van der Waals surface area contributed by atoms with Crippen LogP contribution in [-0.4, -0.2) is 119 Å². The number of H-pyrrole nitrogens is 2. The molecule has 4 N–H and O–H groups in total. The largest absolute Gasteiger partial charge is 0.453 e. The Balaban J connectivity index is 0.817. The molecular formula is C46H53FN8O8. The summed E-state index contributed by atoms with van der Waals surface area (Å²) in [5.74, 6) is 0.842. The van der Waals surface area contributed by atoms with Gasteiger partial charge in [0.25, 0.3) is 0 Å². The number of imidazole rings is 2. The van der Waals surface area contributed by atoms with Crippen molar-refractivity contribution in [3.63, 3.8) is 0 Å². The van der Waals surface area contributed by atoms with Crippen molar-refractivity contribution in [1.82, 2.24) is 40.4 Å². The molecule has 0 spiro atoms. The van der Waals surface area contributed by atoms with E-state index >= 15 is 4.39 Å². The quantitative estimate of drug-likeness (QED) is 0.141. The van der Waals surface area contributed by atoms with Gasteiger partial charge >= 0.3 is 12.2 Å². The number of hydrogen-bond acceptors (Lipinski definition) is 10. The van der Waals surface area contributed by atoms with Crippen molar-refractivity contribution in [2.75, 3.05) is 40.6 Å². The van der Waals surface area contributed by atoms with Crippen LogP contribution in [0.2, 0.25) is 0 Å². The van der Waals surface area contributed by atoms with Crippen LogP contribution in [0.4, 0.5) is 14.0 Å². The van der Waals surface area contributed by atoms with Crippen molar-refractivity contribution in [1.29, 1.82) is 0 Å². The predicted octanol–water partition coefficient (Wildman–Crippen LogP) is 5.90. The maximum Gasteiger partial charge on any atom is 0.407 e. The van der Waals surface area contributed by atoms with Gasteiger partial charge in [0.05, 0.1) is 38.2 Å². The monoisotopic (exact) mass is 864 g/mol. The number of aromatic nitrogens is 4. The Bertz CT molecular complexity index is 2340. The van der Waals surface area contributed by atoms with E-state index in [0.717, 1.165) is 47.5 Å². The first-order valence-electron chi connectivity index (χ1n) is 22.2. The van der Waals surface area contributed by atoms with E-state index in [1.54, 1.807) is 6.20 Å². The van der Waals surface area contributed by atoms with Crippen LogP contribution in [0.1, 0.15) is 75.1 Å². The molecule has 6 fully saturated rings. The second-order valence-corrected chi connectivity index (χ2v) is 17.9. The molecule has 4 aliphatic heterocycles. The summed E-state index contributed by atoms with van der Waals surface area (Å²) in [5.41, 5.74) is 4.46. The van der Waals surface area contributed by atoms with Gasteiger partial charge in [-0.1, -0.05) is 48.5 Å². The summed E-state index contributed by atoms with van der Waals surface area (Å²) < 4.78 is 36.5. The average Bonchev–Trinajstić information content (AvgIpc) is 3.97. The van der Waals surface area contributed by atoms with Gasteiger partial charge in [-0.15, -0.1) is 0 Å². The standard InChI is InChI=1S/C46H53FN8O8/c1-60-45(58)51-38(28-11-15-62-16-12-28)43(56)54-33-19-30(33)21-35(54)41-48-23-32(49-41)26-7-3-24(4-8-26)25-5-9-27(10-6-25)37-40(47)53-42(50-37)36-22-31-20-34(31)55(36)44(57)39(52-46(59)61-2)29-13-17-63-18-14-29/h3-10,23,28-31,33-36,38-39H,11-22H2,1-2H3,(H,48,49)(H,50,53)(H,51,58)(H,52,59)/t30-,31+,33-,34+,35+,36-,38+,39-/m0/s1. The van der Waals surface area contributed by atoms with Crippen molar-refractivity contribution in [2.45, 2.75) is 87.6 Å². The first kappa shape index (κ1) is 41.2. The second kappa shape index (κ2) is 17.1. The lowest BCUT2D eigenvalue weighted by Gasteiger charge is -2.35. The molecule has 332 valence electrons. The predicted molar refractivity (Wildman–Crippen MR) is 225 cm³/mol. The molecule has 2 aliphatic carbocycles. The molecule has 0 unspecified atom stereocenters. The maximum absolute atomic E-state index is 15.7. The topological polar surface area (TPSA) is 193 Å². The fraction of sp³-hybridized carbons (Fsp3) is 0.522. The summed E-state index contributed by atoms with van der Waals surface area (Å²) in [6.07, 6.45) is 6.48. The Hall–Kier alpha value is -5.81. The van der Waals surface area contributed by atoms with Gasteiger partial charge in [0, 0.05) is 44.1 Å². The molecule has 6 heterocycles. The summed E-state index contributed by atoms with van der Waals surface area (Å²) in [5, 5.41) is 5.63. The minimum absolute atomic E-state index is 0.0271. The Labute approximate surface area is 364 Å². The van der Waals surface area contributed by atoms with Gasteiger partial charge in [-0.25, -0.2) is 19.6 Å². The van der Waals surface area contributed by atoms with Crippen molar-refractivity contribution in [2.24, 2.45) is 23.7 Å². The van der Waals surface area contributed by atoms with Crippen molar-refractivity contribution >= 4 is 24.0 Å². The normalized spacial score (nSPS) is 26.3. The van der Waals surface area contributed by atoms with Gasteiger partial charge in [-0.2, -0.15) is 4.39 Å². The zero-order chi connectivity index (χ0) is 43.4. The van der Waals surface area contributed by atoms with Crippen LogP contribution < -0.4 is 10.6 Å². The number of fused-ring (bicyclic) bond motifs is 2. The number of carbonyl (C=O) groups excluding carboxylic acids is 4. The smallest absolute Gasteiger partial charge is 0.407 e. The zero-order valence-corrected chi connectivity index (χ0v) is 35.4. The number of aromatic amines is 2. The number of benzene rings is 2. The highest BCUT2D eigenvalue weighted by atomic mass is 19.1. The lowest BCUT2D eigenvalue weighted by molar-refractivity contribution is -0.138. The third kappa shape index (κ3) is 8.05. The second-order valence-electron chi connectivity index (χ2n) is 17.9. The van der Waals surface area contributed by atoms with E-state index in [0.29, 0.717) is 81.8 Å². The number of carbonyl (C=O) groups is 4. The molecule has 63 heavy (non-hydrogen) atoms. The van der Waals surface area contributed by atoms with Crippen LogP contribution in [-0.2, 0) is 28.5 Å². The molecule has 2 aromatic carbocycles. The lowest BCUT2D eigenvalue weighted by atomic mass is 9.90. The van der Waals surface area contributed by atoms with Crippen LogP contribution in [0.25, 0.3) is 33.6 Å². The van der Waals surface area contributed by atoms with Gasteiger partial charge in [-0.05, 0) is 91.7 Å². The number of nitrogens with one attached hydrogen (secondary N) is 4. The minimum Gasteiger partial charge on any atom is -0.453 e. The van der Waals surface area contributed by atoms with E-state index in [1.807, 2.05) is 58.3 Å². The molecule has 0 radical (unpaired) electrons. The third-order valence-electron chi connectivity index (χ3n) is 14.2. The lowest BCUT2D eigenvalue weighted by Crippen LogP contribution is -2.54. The summed E-state index contributed by atoms with van der Waals surface area (Å²) in [7, 11) is 2.59. The number of nitrogens with zero attached hydrogens (tertiary/aromatic N) is 4. The number of amides is 4. The van der Waals surface area contributed by atoms with Crippen LogP contribution in [0.5, 0.6) is 0 Å². The molecule has 16 nitrogen and oxygen atoms in total. The highest BCUT2D eigenvalue weighted by Crippen LogP contribution is 2.55. The van der Waals surface area contributed by atoms with Gasteiger partial charge in [0.1, 0.15) is 29.4 Å². The third-order valence-corrected chi connectivity index (χ3v) is 14.2. The number of likely N-dealkylation sites (tertiary alicyclic amines) is 2. The van der Waals surface area contributed by atoms with Crippen LogP contribution in [0.15, 0.2) is 54.7 Å². The van der Waals surface area contributed by atoms with Crippen LogP contribution >= 0.6 is 0 Å². The number of methoxy groups -OCH3 is 2. The van der Waals surface area contributed by atoms with E-state index in [9.17, 15) is 19.2 Å². The number of rotatable bonds is 11. The SMILES string of the molecule is COC(=O)N[C@H](C(=O)N1[C@@H]2C[C@@H]2C[C@H]1c1nc(-c2ccc(-c3ccc(-c4cnc([C@H]5C[C@@H]6C[C@@H]6N5C(=O)[C@H](NC(=O)OC)C5CCOCC5)[nH]4)cc3)cc2)c(F)[nH]1)C1CCOCC1. The first-order valence-corrected chi connectivity index (χ1v) is 22.2. The van der Waals surface area contributed by atoms with E-state index < -0.39 is 36.3 Å². The Kier molecular flexibility index (Phi) is 11.2. The average molecular weight is 865 g/mol. The van der Waals surface area contributed by atoms with Crippen molar-refractivity contribution in [3.8, 4) is 33.6 Å². The first-order chi connectivity index (χ1) is 30.7. The Morgan fingerprint density at radius 1 is 0.667 bits per heavy atom. The molecule has 0 bridgehead atoms. The van der Waals surface area contributed by atoms with E-state index in [2.05, 4.69) is 20.6 Å². The molecule has 4 saturated heterocycles. The van der Waals surface area contributed by atoms with Crippen LogP contribution in [0, 0.1) is 29.6 Å². The number of hydrogen-bond donors (Lipinski definition) is 4. The molecule has 4 amide bonds. The van der Waals surface area contributed by atoms with Crippen LogP contribution in [0.3, 0.4) is 0 Å². The Morgan fingerprint density at radius 3 is 1.62 bits per heavy atom. The fourth-order valence-electron chi connectivity index (χ4n) is 10.6. The number of ether oxygens (including phenoxy) is 4. The molecule has 4 aromatic rings. The molecule has 8 atom stereocenters.